The number of hydrogen-bond acceptors (Lipinski definition) is 3. The van der Waals surface area contributed by atoms with Gasteiger partial charge in [0.25, 0.3) is 0 Å². The number of allylic oxidation sites excluding steroid dienone is 1. The van der Waals surface area contributed by atoms with Gasteiger partial charge >= 0.3 is 5.97 Å². The molecule has 0 aliphatic carbocycles. The summed E-state index contributed by atoms with van der Waals surface area (Å²) in [4.78, 5) is 11.3. The van der Waals surface area contributed by atoms with Gasteiger partial charge in [-0.1, -0.05) is 25.8 Å². The van der Waals surface area contributed by atoms with Crippen LogP contribution < -0.4 is 0 Å². The molecule has 0 aliphatic heterocycles. The van der Waals surface area contributed by atoms with E-state index < -0.39 is 0 Å². The van der Waals surface area contributed by atoms with E-state index in [2.05, 4.69) is 6.92 Å². The molecule has 0 aromatic rings. The first-order valence-electron chi connectivity index (χ1n) is 6.45. The number of ether oxygens (including phenoxy) is 1. The molecule has 100 valence electrons. The van der Waals surface area contributed by atoms with Crippen molar-refractivity contribution >= 4 is 5.97 Å². The molecule has 0 saturated carbocycles. The molecule has 0 bridgehead atoms. The second-order valence-corrected chi connectivity index (χ2v) is 4.78. The van der Waals surface area contributed by atoms with E-state index in [9.17, 15) is 4.79 Å². The van der Waals surface area contributed by atoms with Crippen LogP contribution in [0, 0.1) is 5.92 Å². The van der Waals surface area contributed by atoms with E-state index in [0.717, 1.165) is 25.7 Å². The summed E-state index contributed by atoms with van der Waals surface area (Å²) in [5.41, 5.74) is 0.659. The maximum atomic E-state index is 11.3. The molecule has 0 radical (unpaired) electrons. The van der Waals surface area contributed by atoms with Gasteiger partial charge in [0.05, 0.1) is 12.7 Å². The zero-order valence-electron chi connectivity index (χ0n) is 11.5. The minimum absolute atomic E-state index is 0.211. The number of carbonyl (C=O) groups is 1. The van der Waals surface area contributed by atoms with Crippen molar-refractivity contribution in [1.82, 2.24) is 0 Å². The minimum Gasteiger partial charge on any atom is -0.462 e. The molecular weight excluding hydrogens is 216 g/mol. The summed E-state index contributed by atoms with van der Waals surface area (Å²) in [5.74, 6) is 0.316. The number of esters is 1. The van der Waals surface area contributed by atoms with Crippen molar-refractivity contribution in [3.8, 4) is 0 Å². The fourth-order valence-corrected chi connectivity index (χ4v) is 1.49. The van der Waals surface area contributed by atoms with Crippen molar-refractivity contribution in [2.75, 3.05) is 6.61 Å². The van der Waals surface area contributed by atoms with Gasteiger partial charge in [-0.2, -0.15) is 0 Å². The third-order valence-corrected chi connectivity index (χ3v) is 2.92. The Balaban J connectivity index is 3.57. The van der Waals surface area contributed by atoms with Crippen LogP contribution in [-0.2, 0) is 9.53 Å². The molecule has 1 N–H and O–H groups in total. The molecule has 0 spiro atoms. The Morgan fingerprint density at radius 2 is 1.94 bits per heavy atom. The molecule has 0 amide bonds. The number of hydrogen-bond donors (Lipinski definition) is 1. The molecule has 2 unspecified atom stereocenters. The summed E-state index contributed by atoms with van der Waals surface area (Å²) in [7, 11) is 0. The van der Waals surface area contributed by atoms with Crippen molar-refractivity contribution in [2.45, 2.75) is 59.5 Å². The van der Waals surface area contributed by atoms with Gasteiger partial charge in [0.1, 0.15) is 0 Å². The Labute approximate surface area is 105 Å². The summed E-state index contributed by atoms with van der Waals surface area (Å²) >= 11 is 0. The maximum absolute atomic E-state index is 11.3. The lowest BCUT2D eigenvalue weighted by Gasteiger charge is -2.12. The zero-order chi connectivity index (χ0) is 13.3. The fourth-order valence-electron chi connectivity index (χ4n) is 1.49. The zero-order valence-corrected chi connectivity index (χ0v) is 11.5. The second-order valence-electron chi connectivity index (χ2n) is 4.78. The topological polar surface area (TPSA) is 46.5 Å². The minimum atomic E-state index is -0.219. The molecule has 17 heavy (non-hydrogen) atoms. The summed E-state index contributed by atoms with van der Waals surface area (Å²) < 4.78 is 5.14. The van der Waals surface area contributed by atoms with Crippen LogP contribution in [-0.4, -0.2) is 23.8 Å². The Bertz CT molecular complexity index is 244. The van der Waals surface area contributed by atoms with Crippen LogP contribution in [0.3, 0.4) is 0 Å². The van der Waals surface area contributed by atoms with Crippen molar-refractivity contribution in [3.05, 3.63) is 11.6 Å². The van der Waals surface area contributed by atoms with Gasteiger partial charge < -0.3 is 9.84 Å². The maximum Gasteiger partial charge on any atom is 0.333 e. The van der Waals surface area contributed by atoms with Gasteiger partial charge in [0.2, 0.25) is 0 Å². The normalized spacial score (nSPS) is 15.5. The molecule has 0 aromatic carbocycles. The molecule has 0 aliphatic rings. The van der Waals surface area contributed by atoms with Crippen LogP contribution >= 0.6 is 0 Å². The highest BCUT2D eigenvalue weighted by Gasteiger charge is 2.07. The van der Waals surface area contributed by atoms with Crippen molar-refractivity contribution in [1.29, 1.82) is 0 Å². The van der Waals surface area contributed by atoms with Gasteiger partial charge in [-0.25, -0.2) is 4.79 Å². The van der Waals surface area contributed by atoms with Crippen LogP contribution in [0.15, 0.2) is 11.6 Å². The van der Waals surface area contributed by atoms with Gasteiger partial charge in [-0.3, -0.25) is 0 Å². The average Bonchev–Trinajstić information content (AvgIpc) is 2.27. The Morgan fingerprint density at radius 1 is 1.29 bits per heavy atom. The lowest BCUT2D eigenvalue weighted by molar-refractivity contribution is -0.139. The summed E-state index contributed by atoms with van der Waals surface area (Å²) in [5, 5.41) is 9.13. The molecule has 3 nitrogen and oxygen atoms in total. The SMILES string of the molecule is CC=C(C)C(=O)OCCC(C)CCCC(C)O. The van der Waals surface area contributed by atoms with Gasteiger partial charge in [0, 0.05) is 5.57 Å². The van der Waals surface area contributed by atoms with Crippen molar-refractivity contribution in [3.63, 3.8) is 0 Å². The van der Waals surface area contributed by atoms with Gasteiger partial charge in [-0.05, 0) is 39.5 Å². The van der Waals surface area contributed by atoms with E-state index in [0.29, 0.717) is 18.1 Å². The quantitative estimate of drug-likeness (QED) is 0.525. The highest BCUT2D eigenvalue weighted by atomic mass is 16.5. The molecule has 0 heterocycles. The number of aliphatic hydroxyl groups is 1. The molecular formula is C14H26O3. The third kappa shape index (κ3) is 8.93. The van der Waals surface area contributed by atoms with Crippen molar-refractivity contribution < 1.29 is 14.6 Å². The molecule has 0 fully saturated rings. The molecule has 3 heteroatoms. The van der Waals surface area contributed by atoms with E-state index in [-0.39, 0.29) is 12.1 Å². The standard InChI is InChI=1S/C14H26O3/c1-5-12(3)14(16)17-10-9-11(2)7-6-8-13(4)15/h5,11,13,15H,6-10H2,1-4H3. The van der Waals surface area contributed by atoms with E-state index in [4.69, 9.17) is 9.84 Å². The lowest BCUT2D eigenvalue weighted by atomic mass is 10.00. The molecule has 2 atom stereocenters. The largest absolute Gasteiger partial charge is 0.462 e. The van der Waals surface area contributed by atoms with Gasteiger partial charge in [0.15, 0.2) is 0 Å². The van der Waals surface area contributed by atoms with Crippen LogP contribution in [0.5, 0.6) is 0 Å². The molecule has 0 aromatic heterocycles. The fraction of sp³-hybridized carbons (Fsp3) is 0.786. The Morgan fingerprint density at radius 3 is 2.47 bits per heavy atom. The summed E-state index contributed by atoms with van der Waals surface area (Å²) in [6.07, 6.45) is 5.39. The summed E-state index contributed by atoms with van der Waals surface area (Å²) in [6.45, 7) is 8.04. The van der Waals surface area contributed by atoms with Crippen molar-refractivity contribution in [2.24, 2.45) is 5.92 Å². The van der Waals surface area contributed by atoms with Crippen LogP contribution in [0.2, 0.25) is 0 Å². The van der Waals surface area contributed by atoms with Gasteiger partial charge in [-0.15, -0.1) is 0 Å². The monoisotopic (exact) mass is 242 g/mol. The molecule has 0 rings (SSSR count). The second kappa shape index (κ2) is 9.23. The highest BCUT2D eigenvalue weighted by molar-refractivity contribution is 5.87. The highest BCUT2D eigenvalue weighted by Crippen LogP contribution is 2.13. The smallest absolute Gasteiger partial charge is 0.333 e. The first-order valence-corrected chi connectivity index (χ1v) is 6.45. The Kier molecular flexibility index (Phi) is 8.78. The average molecular weight is 242 g/mol. The first-order chi connectivity index (χ1) is 7.97. The van der Waals surface area contributed by atoms with E-state index in [1.807, 2.05) is 13.8 Å². The summed E-state index contributed by atoms with van der Waals surface area (Å²) in [6, 6.07) is 0. The van der Waals surface area contributed by atoms with Crippen LogP contribution in [0.1, 0.15) is 53.4 Å². The third-order valence-electron chi connectivity index (χ3n) is 2.92. The van der Waals surface area contributed by atoms with Crippen LogP contribution in [0.4, 0.5) is 0 Å². The number of carbonyl (C=O) groups excluding carboxylic acids is 1. The number of rotatable bonds is 8. The number of aliphatic hydroxyl groups excluding tert-OH is 1. The first kappa shape index (κ1) is 16.2. The van der Waals surface area contributed by atoms with E-state index in [1.165, 1.54) is 0 Å². The van der Waals surface area contributed by atoms with E-state index in [1.54, 1.807) is 13.0 Å². The molecule has 0 saturated heterocycles. The predicted molar refractivity (Wildman–Crippen MR) is 69.7 cm³/mol. The predicted octanol–water partition coefficient (Wildman–Crippen LogP) is 3.07. The Hall–Kier alpha value is -0.830. The lowest BCUT2D eigenvalue weighted by Crippen LogP contribution is -2.10. The van der Waals surface area contributed by atoms with Crippen LogP contribution in [0.25, 0.3) is 0 Å². The van der Waals surface area contributed by atoms with E-state index >= 15 is 0 Å².